The van der Waals surface area contributed by atoms with Crippen LogP contribution in [0.1, 0.15) is 27.4 Å². The van der Waals surface area contributed by atoms with Crippen molar-refractivity contribution in [1.29, 1.82) is 0 Å². The zero-order valence-electron chi connectivity index (χ0n) is 15.0. The van der Waals surface area contributed by atoms with Crippen molar-refractivity contribution in [3.63, 3.8) is 0 Å². The van der Waals surface area contributed by atoms with E-state index in [1.54, 1.807) is 18.2 Å². The highest BCUT2D eigenvalue weighted by atomic mass is 19.4. The first-order valence-electron chi connectivity index (χ1n) is 8.21. The Morgan fingerprint density at radius 1 is 1.18 bits per heavy atom. The lowest BCUT2D eigenvalue weighted by molar-refractivity contribution is -0.137. The number of alkyl halides is 3. The minimum Gasteiger partial charge on any atom is -0.465 e. The maximum atomic E-state index is 12.6. The first-order valence-corrected chi connectivity index (χ1v) is 8.21. The summed E-state index contributed by atoms with van der Waals surface area (Å²) in [7, 11) is 1.30. The molecule has 3 rings (SSSR count). The maximum Gasteiger partial charge on any atom is 0.416 e. The molecule has 9 heteroatoms. The largest absolute Gasteiger partial charge is 0.465 e. The second-order valence-corrected chi connectivity index (χ2v) is 5.96. The fourth-order valence-electron chi connectivity index (χ4n) is 2.48. The van der Waals surface area contributed by atoms with Gasteiger partial charge in [0.15, 0.2) is 0 Å². The molecule has 1 heterocycles. The zero-order valence-corrected chi connectivity index (χ0v) is 15.0. The Bertz CT molecular complexity index is 982. The lowest BCUT2D eigenvalue weighted by atomic mass is 10.1. The van der Waals surface area contributed by atoms with E-state index in [1.807, 2.05) is 6.92 Å². The molecule has 0 atom stereocenters. The Labute approximate surface area is 158 Å². The molecule has 3 aromatic rings. The van der Waals surface area contributed by atoms with Gasteiger partial charge in [-0.15, -0.1) is 0 Å². The molecule has 1 N–H and O–H groups in total. The van der Waals surface area contributed by atoms with Crippen LogP contribution < -0.4 is 5.32 Å². The molecule has 6 nitrogen and oxygen atoms in total. The molecular weight excluding hydrogens is 375 g/mol. The minimum absolute atomic E-state index is 0.180. The van der Waals surface area contributed by atoms with Gasteiger partial charge in [0.25, 0.3) is 0 Å². The third-order valence-electron chi connectivity index (χ3n) is 4.03. The van der Waals surface area contributed by atoms with E-state index < -0.39 is 17.7 Å². The number of carbonyl (C=O) groups is 1. The van der Waals surface area contributed by atoms with Crippen molar-refractivity contribution in [3.05, 3.63) is 65.0 Å². The van der Waals surface area contributed by atoms with E-state index >= 15 is 0 Å². The first kappa shape index (κ1) is 19.4. The predicted octanol–water partition coefficient (Wildman–Crippen LogP) is 4.46. The summed E-state index contributed by atoms with van der Waals surface area (Å²) in [5, 5.41) is 6.88. The molecule has 0 saturated heterocycles. The number of nitrogens with zero attached hydrogens (tertiary/aromatic N) is 2. The van der Waals surface area contributed by atoms with Gasteiger partial charge in [0.05, 0.1) is 24.8 Å². The molecule has 0 saturated carbocycles. The van der Waals surface area contributed by atoms with Crippen LogP contribution in [0.3, 0.4) is 0 Å². The number of methoxy groups -OCH3 is 1. The molecular formula is C19H16F3N3O3. The third-order valence-corrected chi connectivity index (χ3v) is 4.03. The lowest BCUT2D eigenvalue weighted by Crippen LogP contribution is -2.05. The number of aromatic nitrogens is 2. The predicted molar refractivity (Wildman–Crippen MR) is 94.6 cm³/mol. The summed E-state index contributed by atoms with van der Waals surface area (Å²) in [4.78, 5) is 15.8. The van der Waals surface area contributed by atoms with Crippen molar-refractivity contribution in [1.82, 2.24) is 10.1 Å². The molecule has 0 bridgehead atoms. The fraction of sp³-hybridized carbons (Fsp3) is 0.211. The summed E-state index contributed by atoms with van der Waals surface area (Å²) in [6.45, 7) is 2.05. The quantitative estimate of drug-likeness (QED) is 0.647. The highest BCUT2D eigenvalue weighted by Gasteiger charge is 2.30. The van der Waals surface area contributed by atoms with Gasteiger partial charge >= 0.3 is 12.1 Å². The van der Waals surface area contributed by atoms with Crippen molar-refractivity contribution in [2.24, 2.45) is 0 Å². The van der Waals surface area contributed by atoms with Crippen LogP contribution >= 0.6 is 0 Å². The average molecular weight is 391 g/mol. The highest BCUT2D eigenvalue weighted by Crippen LogP contribution is 2.30. The maximum absolute atomic E-state index is 12.6. The van der Waals surface area contributed by atoms with E-state index in [0.29, 0.717) is 16.8 Å². The molecule has 0 unspecified atom stereocenters. The highest BCUT2D eigenvalue weighted by molar-refractivity contribution is 5.90. The number of ether oxygens (including phenoxy) is 1. The Kier molecular flexibility index (Phi) is 5.34. The van der Waals surface area contributed by atoms with E-state index in [1.165, 1.54) is 19.2 Å². The number of nitrogens with one attached hydrogen (secondary N) is 1. The SMILES string of the molecule is COC(=O)c1ccc(C)c(NCc2nc(-c3ccc(C(F)(F)F)cc3)no2)c1. The molecule has 0 aliphatic carbocycles. The fourth-order valence-corrected chi connectivity index (χ4v) is 2.48. The van der Waals surface area contributed by atoms with Crippen molar-refractivity contribution >= 4 is 11.7 Å². The van der Waals surface area contributed by atoms with Crippen LogP contribution in [0.25, 0.3) is 11.4 Å². The number of anilines is 1. The third kappa shape index (κ3) is 4.30. The van der Waals surface area contributed by atoms with Crippen molar-refractivity contribution in [3.8, 4) is 11.4 Å². The molecule has 1 aromatic heterocycles. The molecule has 28 heavy (non-hydrogen) atoms. The molecule has 146 valence electrons. The molecule has 0 aliphatic heterocycles. The van der Waals surface area contributed by atoms with Gasteiger partial charge in [0.2, 0.25) is 11.7 Å². The topological polar surface area (TPSA) is 77.2 Å². The van der Waals surface area contributed by atoms with Crippen LogP contribution in [-0.2, 0) is 17.5 Å². The molecule has 0 amide bonds. The van der Waals surface area contributed by atoms with Crippen LogP contribution in [0, 0.1) is 6.92 Å². The zero-order chi connectivity index (χ0) is 20.3. The Morgan fingerprint density at radius 3 is 2.54 bits per heavy atom. The number of hydrogen-bond donors (Lipinski definition) is 1. The smallest absolute Gasteiger partial charge is 0.416 e. The van der Waals surface area contributed by atoms with Crippen molar-refractivity contribution < 1.29 is 27.2 Å². The number of halogens is 3. The van der Waals surface area contributed by atoms with Gasteiger partial charge in [-0.1, -0.05) is 23.4 Å². The molecule has 0 spiro atoms. The Hall–Kier alpha value is -3.36. The molecule has 0 radical (unpaired) electrons. The van der Waals surface area contributed by atoms with Gasteiger partial charge in [-0.25, -0.2) is 4.79 Å². The van der Waals surface area contributed by atoms with Gasteiger partial charge in [-0.3, -0.25) is 0 Å². The van der Waals surface area contributed by atoms with Crippen LogP contribution in [0.15, 0.2) is 47.0 Å². The second-order valence-electron chi connectivity index (χ2n) is 5.96. The van der Waals surface area contributed by atoms with Gasteiger partial charge < -0.3 is 14.6 Å². The Morgan fingerprint density at radius 2 is 1.89 bits per heavy atom. The van der Waals surface area contributed by atoms with Gasteiger partial charge in [-0.2, -0.15) is 18.2 Å². The van der Waals surface area contributed by atoms with E-state index in [9.17, 15) is 18.0 Å². The lowest BCUT2D eigenvalue weighted by Gasteiger charge is -2.09. The van der Waals surface area contributed by atoms with Crippen LogP contribution in [0.4, 0.5) is 18.9 Å². The van der Waals surface area contributed by atoms with E-state index in [4.69, 9.17) is 9.26 Å². The average Bonchev–Trinajstić information content (AvgIpc) is 3.15. The summed E-state index contributed by atoms with van der Waals surface area (Å²) in [6.07, 6.45) is -4.40. The number of carbonyl (C=O) groups excluding carboxylic acids is 1. The second kappa shape index (κ2) is 7.71. The normalized spacial score (nSPS) is 11.3. The Balaban J connectivity index is 1.71. The van der Waals surface area contributed by atoms with Crippen molar-refractivity contribution in [2.75, 3.05) is 12.4 Å². The first-order chi connectivity index (χ1) is 13.3. The molecule has 0 aliphatic rings. The number of aryl methyl sites for hydroxylation is 1. The number of benzene rings is 2. The van der Waals surface area contributed by atoms with Gasteiger partial charge in [0.1, 0.15) is 0 Å². The van der Waals surface area contributed by atoms with Gasteiger partial charge in [-0.05, 0) is 36.8 Å². The van der Waals surface area contributed by atoms with Crippen LogP contribution in [0.5, 0.6) is 0 Å². The van der Waals surface area contributed by atoms with Crippen molar-refractivity contribution in [2.45, 2.75) is 19.6 Å². The summed E-state index contributed by atoms with van der Waals surface area (Å²) in [5.41, 5.74) is 1.65. The standard InChI is InChI=1S/C19H16F3N3O3/c1-11-3-4-13(18(26)27-2)9-15(11)23-10-16-24-17(25-28-16)12-5-7-14(8-6-12)19(20,21)22/h3-9,23H,10H2,1-2H3. The summed E-state index contributed by atoms with van der Waals surface area (Å²) >= 11 is 0. The summed E-state index contributed by atoms with van der Waals surface area (Å²) in [6, 6.07) is 9.58. The number of esters is 1. The van der Waals surface area contributed by atoms with E-state index in [0.717, 1.165) is 17.7 Å². The number of rotatable bonds is 5. The number of hydrogen-bond acceptors (Lipinski definition) is 6. The monoisotopic (exact) mass is 391 g/mol. The summed E-state index contributed by atoms with van der Waals surface area (Å²) < 4.78 is 47.7. The summed E-state index contributed by atoms with van der Waals surface area (Å²) in [5.74, 6) is -0.0197. The van der Waals surface area contributed by atoms with E-state index in [-0.39, 0.29) is 18.3 Å². The van der Waals surface area contributed by atoms with Crippen LogP contribution in [-0.4, -0.2) is 23.2 Å². The van der Waals surface area contributed by atoms with E-state index in [2.05, 4.69) is 15.5 Å². The van der Waals surface area contributed by atoms with Gasteiger partial charge in [0, 0.05) is 11.3 Å². The molecule has 0 fully saturated rings. The minimum atomic E-state index is -4.40. The molecule has 2 aromatic carbocycles. The van der Waals surface area contributed by atoms with Crippen LogP contribution in [0.2, 0.25) is 0 Å².